The number of aliphatic hydroxyl groups is 1. The Bertz CT molecular complexity index is 1110. The van der Waals surface area contributed by atoms with Crippen LogP contribution in [0.4, 0.5) is 5.69 Å². The summed E-state index contributed by atoms with van der Waals surface area (Å²) in [4.78, 5) is 30.2. The third-order valence-electron chi connectivity index (χ3n) is 4.72. The number of rotatable bonds is 10. The number of nitrogens with two attached hydrogens (primary N) is 1. The van der Waals surface area contributed by atoms with Crippen molar-refractivity contribution in [2.45, 2.75) is 26.4 Å². The summed E-state index contributed by atoms with van der Waals surface area (Å²) < 4.78 is 15.2. The minimum Gasteiger partial charge on any atom is -0.462 e. The third-order valence-corrected chi connectivity index (χ3v) is 4.72. The first-order chi connectivity index (χ1) is 14.5. The van der Waals surface area contributed by atoms with Crippen molar-refractivity contribution < 1.29 is 14.6 Å². The molecule has 0 unspecified atom stereocenters. The van der Waals surface area contributed by atoms with Gasteiger partial charge in [0.25, 0.3) is 11.6 Å². The highest BCUT2D eigenvalue weighted by Crippen LogP contribution is 2.20. The predicted octanol–water partition coefficient (Wildman–Crippen LogP) is 0.325. The zero-order chi connectivity index (χ0) is 21.7. The van der Waals surface area contributed by atoms with Gasteiger partial charge in [-0.2, -0.15) is 4.98 Å². The lowest BCUT2D eigenvalue weighted by atomic mass is 10.2. The highest BCUT2D eigenvalue weighted by Gasteiger charge is 2.21. The van der Waals surface area contributed by atoms with E-state index in [1.165, 1.54) is 4.57 Å². The molecular formula is C20H27N5O5. The van der Waals surface area contributed by atoms with Crippen molar-refractivity contribution in [3.63, 3.8) is 0 Å². The van der Waals surface area contributed by atoms with Crippen LogP contribution in [-0.2, 0) is 24.9 Å². The second kappa shape index (κ2) is 9.59. The maximum absolute atomic E-state index is 13.2. The average Bonchev–Trinajstić information content (AvgIpc) is 3.10. The molecule has 0 atom stereocenters. The molecule has 2 aromatic heterocycles. The molecule has 3 aromatic rings. The second-order valence-electron chi connectivity index (χ2n) is 6.82. The fraction of sp³-hybridized carbons (Fsp3) is 0.450. The number of benzene rings is 1. The molecule has 10 nitrogen and oxygen atoms in total. The fourth-order valence-corrected chi connectivity index (χ4v) is 3.18. The number of aliphatic hydroxyl groups excluding tert-OH is 1. The van der Waals surface area contributed by atoms with Gasteiger partial charge in [-0.3, -0.25) is 18.5 Å². The Hall–Kier alpha value is -3.11. The Morgan fingerprint density at radius 1 is 1.13 bits per heavy atom. The van der Waals surface area contributed by atoms with Crippen LogP contribution in [0.3, 0.4) is 0 Å². The highest BCUT2D eigenvalue weighted by atomic mass is 16.5. The van der Waals surface area contributed by atoms with Gasteiger partial charge in [0.15, 0.2) is 11.2 Å². The molecule has 1 aromatic carbocycles. The number of hydrogen-bond donors (Lipinski definition) is 2. The van der Waals surface area contributed by atoms with Gasteiger partial charge in [-0.1, -0.05) is 12.1 Å². The van der Waals surface area contributed by atoms with E-state index in [4.69, 9.17) is 20.3 Å². The van der Waals surface area contributed by atoms with Crippen LogP contribution < -0.4 is 21.7 Å². The summed E-state index contributed by atoms with van der Waals surface area (Å²) in [6.45, 7) is 3.40. The van der Waals surface area contributed by atoms with E-state index in [9.17, 15) is 9.59 Å². The average molecular weight is 417 g/mol. The van der Waals surface area contributed by atoms with Gasteiger partial charge < -0.3 is 20.3 Å². The Kier molecular flexibility index (Phi) is 6.91. The summed E-state index contributed by atoms with van der Waals surface area (Å²) >= 11 is 0. The molecule has 10 heteroatoms. The highest BCUT2D eigenvalue weighted by molar-refractivity contribution is 5.72. The molecule has 0 aliphatic rings. The van der Waals surface area contributed by atoms with E-state index in [0.717, 1.165) is 10.1 Å². The molecule has 0 saturated heterocycles. The first-order valence-electron chi connectivity index (χ1n) is 9.83. The Balaban J connectivity index is 2.14. The van der Waals surface area contributed by atoms with Gasteiger partial charge in [-0.15, -0.1) is 0 Å². The van der Waals surface area contributed by atoms with Crippen molar-refractivity contribution in [1.82, 2.24) is 18.7 Å². The number of imidazole rings is 1. The van der Waals surface area contributed by atoms with Gasteiger partial charge in [0.2, 0.25) is 0 Å². The Morgan fingerprint density at radius 2 is 1.87 bits per heavy atom. The van der Waals surface area contributed by atoms with E-state index < -0.39 is 11.2 Å². The van der Waals surface area contributed by atoms with Crippen LogP contribution in [-0.4, -0.2) is 50.2 Å². The summed E-state index contributed by atoms with van der Waals surface area (Å²) in [5, 5.41) is 9.12. The largest absolute Gasteiger partial charge is 0.462 e. The van der Waals surface area contributed by atoms with Crippen LogP contribution in [0.25, 0.3) is 11.2 Å². The minimum atomic E-state index is -0.487. The van der Waals surface area contributed by atoms with Crippen LogP contribution in [0.1, 0.15) is 18.9 Å². The molecule has 0 fully saturated rings. The number of ether oxygens (including phenoxy) is 2. The normalized spacial score (nSPS) is 11.3. The van der Waals surface area contributed by atoms with E-state index in [1.807, 2.05) is 19.1 Å². The van der Waals surface area contributed by atoms with E-state index in [2.05, 4.69) is 4.98 Å². The van der Waals surface area contributed by atoms with Gasteiger partial charge >= 0.3 is 5.69 Å². The standard InChI is InChI=1S/C20H27N5O5/c1-3-29-11-12-30-19-22-17-16(25(19)13-14-5-7-15(21)8-6-14)18(27)24(9-4-10-26)20(28)23(17)2/h5-8,26H,3-4,9-13,21H2,1-2H3. The molecule has 0 aliphatic heterocycles. The molecule has 3 rings (SSSR count). The predicted molar refractivity (Wildman–Crippen MR) is 113 cm³/mol. The van der Waals surface area contributed by atoms with Crippen LogP contribution in [0.5, 0.6) is 6.01 Å². The maximum atomic E-state index is 13.2. The Labute approximate surface area is 173 Å². The number of aromatic nitrogens is 4. The second-order valence-corrected chi connectivity index (χ2v) is 6.82. The maximum Gasteiger partial charge on any atom is 0.332 e. The quantitative estimate of drug-likeness (QED) is 0.359. The van der Waals surface area contributed by atoms with Crippen molar-refractivity contribution in [3.05, 3.63) is 50.7 Å². The van der Waals surface area contributed by atoms with Crippen LogP contribution in [0, 0.1) is 0 Å². The van der Waals surface area contributed by atoms with Crippen LogP contribution in [0.2, 0.25) is 0 Å². The lowest BCUT2D eigenvalue weighted by Crippen LogP contribution is -2.39. The van der Waals surface area contributed by atoms with E-state index in [1.54, 1.807) is 23.7 Å². The Morgan fingerprint density at radius 3 is 2.53 bits per heavy atom. The van der Waals surface area contributed by atoms with Gasteiger partial charge in [0.05, 0.1) is 13.2 Å². The topological polar surface area (TPSA) is 127 Å². The fourth-order valence-electron chi connectivity index (χ4n) is 3.18. The molecule has 0 spiro atoms. The van der Waals surface area contributed by atoms with Crippen molar-refractivity contribution in [3.8, 4) is 6.01 Å². The van der Waals surface area contributed by atoms with Crippen LogP contribution in [0.15, 0.2) is 33.9 Å². The number of nitrogens with zero attached hydrogens (tertiary/aromatic N) is 4. The molecule has 0 radical (unpaired) electrons. The zero-order valence-corrected chi connectivity index (χ0v) is 17.2. The molecule has 30 heavy (non-hydrogen) atoms. The first-order valence-corrected chi connectivity index (χ1v) is 9.83. The molecule has 0 bridgehead atoms. The third kappa shape index (κ3) is 4.39. The van der Waals surface area contributed by atoms with E-state index in [0.29, 0.717) is 31.9 Å². The van der Waals surface area contributed by atoms with Gasteiger partial charge in [0, 0.05) is 32.5 Å². The van der Waals surface area contributed by atoms with Crippen molar-refractivity contribution in [2.24, 2.45) is 7.05 Å². The van der Waals surface area contributed by atoms with Crippen molar-refractivity contribution in [2.75, 3.05) is 32.2 Å². The summed E-state index contributed by atoms with van der Waals surface area (Å²) in [7, 11) is 1.56. The number of aryl methyl sites for hydroxylation is 1. The zero-order valence-electron chi connectivity index (χ0n) is 17.2. The minimum absolute atomic E-state index is 0.117. The lowest BCUT2D eigenvalue weighted by molar-refractivity contribution is 0.105. The molecule has 0 amide bonds. The summed E-state index contributed by atoms with van der Waals surface area (Å²) in [5.74, 6) is 0. The summed E-state index contributed by atoms with van der Waals surface area (Å²) in [5.41, 5.74) is 6.85. The number of nitrogen functional groups attached to an aromatic ring is 1. The summed E-state index contributed by atoms with van der Waals surface area (Å²) in [6.07, 6.45) is 0.296. The smallest absolute Gasteiger partial charge is 0.332 e. The molecule has 0 aliphatic carbocycles. The summed E-state index contributed by atoms with van der Waals surface area (Å²) in [6, 6.07) is 7.50. The van der Waals surface area contributed by atoms with E-state index in [-0.39, 0.29) is 36.9 Å². The number of anilines is 1. The molecule has 2 heterocycles. The lowest BCUT2D eigenvalue weighted by Gasteiger charge is -2.11. The van der Waals surface area contributed by atoms with Crippen molar-refractivity contribution >= 4 is 16.9 Å². The van der Waals surface area contributed by atoms with Crippen molar-refractivity contribution in [1.29, 1.82) is 0 Å². The van der Waals surface area contributed by atoms with Gasteiger partial charge in [-0.05, 0) is 31.0 Å². The van der Waals surface area contributed by atoms with E-state index >= 15 is 0 Å². The first kappa shape index (κ1) is 21.6. The van der Waals surface area contributed by atoms with Gasteiger partial charge in [0.1, 0.15) is 6.61 Å². The van der Waals surface area contributed by atoms with Gasteiger partial charge in [-0.25, -0.2) is 4.79 Å². The van der Waals surface area contributed by atoms with Crippen LogP contribution >= 0.6 is 0 Å². The molecule has 3 N–H and O–H groups in total. The SMILES string of the molecule is CCOCCOc1nc2c(c(=O)n(CCCO)c(=O)n2C)n1Cc1ccc(N)cc1. The number of fused-ring (bicyclic) bond motifs is 1. The number of hydrogen-bond acceptors (Lipinski definition) is 7. The monoisotopic (exact) mass is 417 g/mol. The molecule has 162 valence electrons. The molecule has 0 saturated carbocycles. The molecular weight excluding hydrogens is 390 g/mol.